The highest BCUT2D eigenvalue weighted by molar-refractivity contribution is 5.86. The number of alkyl halides is 3. The first-order valence-electron chi connectivity index (χ1n) is 6.65. The van der Waals surface area contributed by atoms with E-state index in [4.69, 9.17) is 5.11 Å². The van der Waals surface area contributed by atoms with Crippen molar-refractivity contribution in [1.82, 2.24) is 5.32 Å². The lowest BCUT2D eigenvalue weighted by Gasteiger charge is -2.22. The lowest BCUT2D eigenvalue weighted by atomic mass is 9.95. The highest BCUT2D eigenvalue weighted by Crippen LogP contribution is 2.31. The summed E-state index contributed by atoms with van der Waals surface area (Å²) in [6.07, 6.45) is -4.54. The van der Waals surface area contributed by atoms with Crippen LogP contribution >= 0.6 is 0 Å². The Balaban J connectivity index is 2.79. The summed E-state index contributed by atoms with van der Waals surface area (Å²) in [5.74, 6) is -2.18. The van der Waals surface area contributed by atoms with Crippen molar-refractivity contribution in [2.75, 3.05) is 0 Å². The van der Waals surface area contributed by atoms with Gasteiger partial charge in [0.15, 0.2) is 0 Å². The molecule has 0 aromatic heterocycles. The molecule has 1 aromatic rings. The van der Waals surface area contributed by atoms with Gasteiger partial charge >= 0.3 is 12.1 Å². The van der Waals surface area contributed by atoms with Crippen molar-refractivity contribution in [3.05, 3.63) is 35.4 Å². The molecule has 1 unspecified atom stereocenters. The quantitative estimate of drug-likeness (QED) is 0.876. The summed E-state index contributed by atoms with van der Waals surface area (Å²) < 4.78 is 38.0. The van der Waals surface area contributed by atoms with Crippen molar-refractivity contribution in [1.29, 1.82) is 0 Å². The Bertz CT molecular complexity index is 567. The van der Waals surface area contributed by atoms with Crippen LogP contribution in [0.15, 0.2) is 24.3 Å². The van der Waals surface area contributed by atoms with Gasteiger partial charge in [-0.15, -0.1) is 0 Å². The van der Waals surface area contributed by atoms with E-state index < -0.39 is 35.1 Å². The molecule has 4 nitrogen and oxygen atoms in total. The van der Waals surface area contributed by atoms with Crippen LogP contribution in [0.3, 0.4) is 0 Å². The Morgan fingerprint density at radius 2 is 1.86 bits per heavy atom. The molecule has 1 atom stereocenters. The molecule has 22 heavy (non-hydrogen) atoms. The third-order valence-corrected chi connectivity index (χ3v) is 3.26. The first kappa shape index (κ1) is 18.0. The minimum atomic E-state index is -4.44. The number of halogens is 3. The van der Waals surface area contributed by atoms with Crippen molar-refractivity contribution < 1.29 is 27.9 Å². The summed E-state index contributed by atoms with van der Waals surface area (Å²) in [6, 6.07) is 4.76. The van der Waals surface area contributed by atoms with Gasteiger partial charge in [-0.05, 0) is 31.4 Å². The van der Waals surface area contributed by atoms with Gasteiger partial charge in [-0.3, -0.25) is 4.79 Å². The molecule has 2 N–H and O–H groups in total. The van der Waals surface area contributed by atoms with Crippen LogP contribution in [0.2, 0.25) is 0 Å². The molecule has 0 bridgehead atoms. The molecule has 1 aromatic carbocycles. The van der Waals surface area contributed by atoms with E-state index in [1.807, 2.05) is 0 Å². The molecule has 0 heterocycles. The fraction of sp³-hybridized carbons (Fsp3) is 0.467. The highest BCUT2D eigenvalue weighted by atomic mass is 19.4. The van der Waals surface area contributed by atoms with Crippen LogP contribution in [0.1, 0.15) is 44.2 Å². The molecule has 122 valence electrons. The van der Waals surface area contributed by atoms with Crippen LogP contribution in [-0.2, 0) is 15.8 Å². The molecule has 0 saturated carbocycles. The number of carboxylic acids is 1. The number of benzene rings is 1. The zero-order chi connectivity index (χ0) is 17.1. The second-order valence-corrected chi connectivity index (χ2v) is 5.71. The lowest BCUT2D eigenvalue weighted by molar-refractivity contribution is -0.146. The molecular formula is C15H18F3NO3. The number of carbonyl (C=O) groups excluding carboxylic acids is 1. The Hall–Kier alpha value is -2.05. The Kier molecular flexibility index (Phi) is 5.22. The number of amides is 1. The van der Waals surface area contributed by atoms with Crippen molar-refractivity contribution in [2.24, 2.45) is 0 Å². The fourth-order valence-corrected chi connectivity index (χ4v) is 1.87. The third-order valence-electron chi connectivity index (χ3n) is 3.26. The summed E-state index contributed by atoms with van der Waals surface area (Å²) in [4.78, 5) is 22.8. The van der Waals surface area contributed by atoms with E-state index in [0.29, 0.717) is 5.56 Å². The van der Waals surface area contributed by atoms with Gasteiger partial charge in [0.25, 0.3) is 0 Å². The second-order valence-electron chi connectivity index (χ2n) is 5.71. The number of hydrogen-bond donors (Lipinski definition) is 2. The Morgan fingerprint density at radius 1 is 1.27 bits per heavy atom. The predicted molar refractivity (Wildman–Crippen MR) is 74.3 cm³/mol. The van der Waals surface area contributed by atoms with Crippen LogP contribution in [0.4, 0.5) is 13.2 Å². The predicted octanol–water partition coefficient (Wildman–Crippen LogP) is 3.18. The van der Waals surface area contributed by atoms with Crippen LogP contribution in [0.5, 0.6) is 0 Å². The molecule has 0 aliphatic rings. The van der Waals surface area contributed by atoms with Crippen molar-refractivity contribution >= 4 is 11.9 Å². The summed E-state index contributed by atoms with van der Waals surface area (Å²) in [6.45, 7) is 4.28. The first-order valence-corrected chi connectivity index (χ1v) is 6.65. The maximum atomic E-state index is 12.7. The van der Waals surface area contributed by atoms with E-state index in [1.54, 1.807) is 6.92 Å². The van der Waals surface area contributed by atoms with Gasteiger partial charge < -0.3 is 10.4 Å². The monoisotopic (exact) mass is 317 g/mol. The third kappa shape index (κ3) is 4.75. The summed E-state index contributed by atoms with van der Waals surface area (Å²) >= 11 is 0. The number of nitrogens with one attached hydrogen (secondary N) is 1. The van der Waals surface area contributed by atoms with Crippen molar-refractivity contribution in [3.63, 3.8) is 0 Å². The van der Waals surface area contributed by atoms with Crippen molar-refractivity contribution in [2.45, 2.75) is 44.8 Å². The van der Waals surface area contributed by atoms with E-state index in [9.17, 15) is 22.8 Å². The molecular weight excluding hydrogens is 299 g/mol. The Morgan fingerprint density at radius 3 is 2.36 bits per heavy atom. The van der Waals surface area contributed by atoms with Gasteiger partial charge in [0, 0.05) is 6.42 Å². The number of carboxylic acid groups (broad SMARTS) is 1. The van der Waals surface area contributed by atoms with E-state index in [-0.39, 0.29) is 6.42 Å². The largest absolute Gasteiger partial charge is 0.480 e. The van der Waals surface area contributed by atoms with Gasteiger partial charge in [-0.1, -0.05) is 25.1 Å². The zero-order valence-corrected chi connectivity index (χ0v) is 12.5. The SMILES string of the molecule is CC(CC(=O)NC(C)(C)C(=O)O)c1cccc(C(F)(F)F)c1. The summed E-state index contributed by atoms with van der Waals surface area (Å²) in [5, 5.41) is 11.3. The van der Waals surface area contributed by atoms with Crippen LogP contribution < -0.4 is 5.32 Å². The smallest absolute Gasteiger partial charge is 0.416 e. The molecule has 7 heteroatoms. The topological polar surface area (TPSA) is 66.4 Å². The highest BCUT2D eigenvalue weighted by Gasteiger charge is 2.32. The molecule has 0 radical (unpaired) electrons. The van der Waals surface area contributed by atoms with Crippen molar-refractivity contribution in [3.8, 4) is 0 Å². The van der Waals surface area contributed by atoms with Gasteiger partial charge in [0.05, 0.1) is 5.56 Å². The minimum absolute atomic E-state index is 0.0992. The summed E-state index contributed by atoms with van der Waals surface area (Å²) in [5.41, 5.74) is -1.83. The maximum Gasteiger partial charge on any atom is 0.416 e. The molecule has 0 saturated heterocycles. The van der Waals surface area contributed by atoms with E-state index in [0.717, 1.165) is 12.1 Å². The average molecular weight is 317 g/mol. The summed E-state index contributed by atoms with van der Waals surface area (Å²) in [7, 11) is 0. The van der Waals surface area contributed by atoms with Crippen LogP contribution in [0.25, 0.3) is 0 Å². The van der Waals surface area contributed by atoms with Gasteiger partial charge in [0.1, 0.15) is 5.54 Å². The normalized spacial score (nSPS) is 13.5. The van der Waals surface area contributed by atoms with Gasteiger partial charge in [-0.25, -0.2) is 4.79 Å². The molecule has 1 rings (SSSR count). The lowest BCUT2D eigenvalue weighted by Crippen LogP contribution is -2.49. The first-order chi connectivity index (χ1) is 9.93. The fourth-order valence-electron chi connectivity index (χ4n) is 1.87. The number of aliphatic carboxylic acids is 1. The second kappa shape index (κ2) is 6.37. The average Bonchev–Trinajstić information content (AvgIpc) is 2.36. The molecule has 1 amide bonds. The Labute approximate surface area is 126 Å². The number of carbonyl (C=O) groups is 2. The maximum absolute atomic E-state index is 12.7. The minimum Gasteiger partial charge on any atom is -0.480 e. The number of rotatable bonds is 5. The molecule has 0 aliphatic carbocycles. The van der Waals surface area contributed by atoms with Gasteiger partial charge in [0.2, 0.25) is 5.91 Å². The molecule has 0 aliphatic heterocycles. The van der Waals surface area contributed by atoms with E-state index >= 15 is 0 Å². The van der Waals surface area contributed by atoms with E-state index in [1.165, 1.54) is 26.0 Å². The van der Waals surface area contributed by atoms with Crippen LogP contribution in [0, 0.1) is 0 Å². The molecule has 0 fully saturated rings. The standard InChI is InChI=1S/C15H18F3NO3/c1-9(7-12(20)19-14(2,3)13(21)22)10-5-4-6-11(8-10)15(16,17)18/h4-6,8-9H,7H2,1-3H3,(H,19,20)(H,21,22). The van der Waals surface area contributed by atoms with E-state index in [2.05, 4.69) is 5.32 Å². The zero-order valence-electron chi connectivity index (χ0n) is 12.5. The molecule has 0 spiro atoms. The number of hydrogen-bond acceptors (Lipinski definition) is 2. The van der Waals surface area contributed by atoms with Crippen LogP contribution in [-0.4, -0.2) is 22.5 Å². The van der Waals surface area contributed by atoms with Gasteiger partial charge in [-0.2, -0.15) is 13.2 Å².